The number of nitriles is 1. The zero-order valence-electron chi connectivity index (χ0n) is 19.7. The highest BCUT2D eigenvalue weighted by Gasteiger charge is 2.44. The van der Waals surface area contributed by atoms with Crippen LogP contribution in [0.2, 0.25) is 0 Å². The Balaban J connectivity index is 1.57. The summed E-state index contributed by atoms with van der Waals surface area (Å²) in [5.41, 5.74) is 2.92. The van der Waals surface area contributed by atoms with Gasteiger partial charge in [0.1, 0.15) is 23.4 Å². The van der Waals surface area contributed by atoms with Crippen molar-refractivity contribution >= 4 is 28.7 Å². The molecule has 4 rings (SSSR count). The van der Waals surface area contributed by atoms with Gasteiger partial charge in [0.15, 0.2) is 0 Å². The van der Waals surface area contributed by atoms with Crippen LogP contribution in [0, 0.1) is 18.3 Å². The summed E-state index contributed by atoms with van der Waals surface area (Å²) in [6.07, 6.45) is 3.42. The third-order valence-electron chi connectivity index (χ3n) is 5.96. The number of carbonyl (C=O) groups excluding carboxylic acids is 1. The first-order chi connectivity index (χ1) is 16.4. The van der Waals surface area contributed by atoms with E-state index in [2.05, 4.69) is 23.3 Å². The van der Waals surface area contributed by atoms with Crippen molar-refractivity contribution in [2.24, 2.45) is 7.05 Å². The highest BCUT2D eigenvalue weighted by atomic mass is 32.2. The number of aromatic nitrogens is 2. The lowest BCUT2D eigenvalue weighted by Gasteiger charge is -2.18. The van der Waals surface area contributed by atoms with Crippen LogP contribution >= 0.6 is 11.8 Å². The van der Waals surface area contributed by atoms with Gasteiger partial charge in [-0.3, -0.25) is 14.6 Å². The molecule has 176 valence electrons. The molecule has 0 atom stereocenters. The monoisotopic (exact) mass is 476 g/mol. The number of pyridine rings is 2. The fourth-order valence-electron chi connectivity index (χ4n) is 3.82. The zero-order chi connectivity index (χ0) is 24.3. The molecule has 8 heteroatoms. The molecule has 2 heterocycles. The van der Waals surface area contributed by atoms with Crippen LogP contribution in [0.1, 0.15) is 53.4 Å². The van der Waals surface area contributed by atoms with Crippen molar-refractivity contribution < 1.29 is 9.53 Å². The first-order valence-corrected chi connectivity index (χ1v) is 12.4. The Morgan fingerprint density at radius 3 is 2.68 bits per heavy atom. The Labute approximate surface area is 203 Å². The Morgan fingerprint density at radius 2 is 2.03 bits per heavy atom. The number of hydrogen-bond donors (Lipinski definition) is 1. The number of hydrogen-bond acceptors (Lipinski definition) is 6. The summed E-state index contributed by atoms with van der Waals surface area (Å²) in [6, 6.07) is 12.4. The summed E-state index contributed by atoms with van der Waals surface area (Å²) in [4.78, 5) is 30.5. The van der Waals surface area contributed by atoms with Crippen LogP contribution < -0.4 is 15.6 Å². The van der Waals surface area contributed by atoms with Crippen molar-refractivity contribution in [2.45, 2.75) is 44.4 Å². The third-order valence-corrected chi connectivity index (χ3v) is 7.71. The molecular weight excluding hydrogens is 448 g/mol. The summed E-state index contributed by atoms with van der Waals surface area (Å²) in [5.74, 6) is 1.26. The van der Waals surface area contributed by atoms with Crippen molar-refractivity contribution in [1.82, 2.24) is 14.9 Å². The molecule has 0 spiro atoms. The van der Waals surface area contributed by atoms with Crippen LogP contribution in [-0.2, 0) is 13.6 Å². The summed E-state index contributed by atoms with van der Waals surface area (Å²) in [5, 5.41) is 11.7. The topological polar surface area (TPSA) is 97.0 Å². The van der Waals surface area contributed by atoms with Crippen LogP contribution in [0.4, 0.5) is 0 Å². The summed E-state index contributed by atoms with van der Waals surface area (Å²) in [7, 11) is 1.64. The number of rotatable bonds is 9. The fourth-order valence-corrected chi connectivity index (χ4v) is 4.99. The minimum Gasteiger partial charge on any atom is -0.490 e. The van der Waals surface area contributed by atoms with Gasteiger partial charge in [-0.1, -0.05) is 19.1 Å². The molecule has 1 aliphatic carbocycles. The number of ether oxygens (including phenoxy) is 1. The van der Waals surface area contributed by atoms with Crippen LogP contribution in [0.3, 0.4) is 0 Å². The van der Waals surface area contributed by atoms with Gasteiger partial charge < -0.3 is 14.6 Å². The first-order valence-electron chi connectivity index (χ1n) is 11.4. The average molecular weight is 477 g/mol. The van der Waals surface area contributed by atoms with Gasteiger partial charge in [0, 0.05) is 25.4 Å². The number of carbonyl (C=O) groups is 1. The molecule has 2 aromatic heterocycles. The summed E-state index contributed by atoms with van der Waals surface area (Å²) < 4.78 is 7.86. The molecule has 0 bridgehead atoms. The van der Waals surface area contributed by atoms with E-state index in [0.717, 1.165) is 36.3 Å². The molecule has 1 aliphatic rings. The van der Waals surface area contributed by atoms with E-state index < -0.39 is 11.5 Å². The Hall–Kier alpha value is -3.31. The molecule has 1 amide bonds. The highest BCUT2D eigenvalue weighted by molar-refractivity contribution is 8.00. The first kappa shape index (κ1) is 23.8. The maximum Gasteiger partial charge on any atom is 0.263 e. The van der Waals surface area contributed by atoms with E-state index >= 15 is 0 Å². The van der Waals surface area contributed by atoms with Gasteiger partial charge in [0.25, 0.3) is 11.5 Å². The zero-order valence-corrected chi connectivity index (χ0v) is 20.5. The number of amides is 1. The van der Waals surface area contributed by atoms with Crippen molar-refractivity contribution in [3.05, 3.63) is 69.1 Å². The van der Waals surface area contributed by atoms with E-state index in [-0.39, 0.29) is 16.9 Å². The van der Waals surface area contributed by atoms with Gasteiger partial charge in [0.05, 0.1) is 21.9 Å². The van der Waals surface area contributed by atoms with Crippen molar-refractivity contribution in [3.8, 4) is 11.8 Å². The van der Waals surface area contributed by atoms with E-state index in [1.54, 1.807) is 37.4 Å². The molecule has 0 unspecified atom stereocenters. The van der Waals surface area contributed by atoms with Crippen molar-refractivity contribution in [1.29, 1.82) is 5.26 Å². The molecule has 0 aliphatic heterocycles. The maximum atomic E-state index is 13.1. The van der Waals surface area contributed by atoms with Gasteiger partial charge >= 0.3 is 0 Å². The van der Waals surface area contributed by atoms with Crippen LogP contribution in [0.15, 0.2) is 41.2 Å². The molecule has 3 aromatic rings. The Morgan fingerprint density at radius 1 is 1.29 bits per heavy atom. The largest absolute Gasteiger partial charge is 0.490 e. The second-order valence-electron chi connectivity index (χ2n) is 8.73. The molecule has 0 saturated heterocycles. The summed E-state index contributed by atoms with van der Waals surface area (Å²) in [6.45, 7) is 4.90. The highest BCUT2D eigenvalue weighted by Crippen LogP contribution is 2.49. The normalized spacial score (nSPS) is 13.9. The SMILES string of the molecule is CCCSC1(COc2cc(C)nc3cc(C(=O)NCc4ccc(C#N)cc4)c(=O)n(C)c23)CC1. The molecule has 1 fully saturated rings. The maximum absolute atomic E-state index is 13.1. The molecule has 1 aromatic carbocycles. The minimum absolute atomic E-state index is 0.0323. The molecule has 0 radical (unpaired) electrons. The van der Waals surface area contributed by atoms with Gasteiger partial charge in [-0.05, 0) is 55.7 Å². The van der Waals surface area contributed by atoms with E-state index in [9.17, 15) is 9.59 Å². The molecule has 1 N–H and O–H groups in total. The van der Waals surface area contributed by atoms with Gasteiger partial charge in [-0.2, -0.15) is 17.0 Å². The van der Waals surface area contributed by atoms with Crippen LogP contribution in [-0.4, -0.2) is 32.6 Å². The smallest absolute Gasteiger partial charge is 0.263 e. The second kappa shape index (κ2) is 9.90. The van der Waals surface area contributed by atoms with Gasteiger partial charge in [0.2, 0.25) is 0 Å². The summed E-state index contributed by atoms with van der Waals surface area (Å²) >= 11 is 1.96. The van der Waals surface area contributed by atoms with Crippen LogP contribution in [0.5, 0.6) is 5.75 Å². The van der Waals surface area contributed by atoms with E-state index in [0.29, 0.717) is 29.0 Å². The predicted octanol–water partition coefficient (Wildman–Crippen LogP) is 4.10. The average Bonchev–Trinajstić information content (AvgIpc) is 3.62. The minimum atomic E-state index is -0.467. The van der Waals surface area contributed by atoms with Gasteiger partial charge in [-0.25, -0.2) is 0 Å². The fraction of sp³-hybridized carbons (Fsp3) is 0.385. The molecule has 34 heavy (non-hydrogen) atoms. The number of benzene rings is 1. The number of fused-ring (bicyclic) bond motifs is 1. The van der Waals surface area contributed by atoms with E-state index in [1.165, 1.54) is 4.57 Å². The molecule has 1 saturated carbocycles. The number of nitrogens with one attached hydrogen (secondary N) is 1. The lowest BCUT2D eigenvalue weighted by atomic mass is 10.1. The lowest BCUT2D eigenvalue weighted by Crippen LogP contribution is -2.32. The Bertz CT molecular complexity index is 1320. The van der Waals surface area contributed by atoms with E-state index in [1.807, 2.05) is 24.8 Å². The molecule has 7 nitrogen and oxygen atoms in total. The van der Waals surface area contributed by atoms with Crippen LogP contribution in [0.25, 0.3) is 11.0 Å². The lowest BCUT2D eigenvalue weighted by molar-refractivity contribution is 0.0949. The third kappa shape index (κ3) is 5.10. The van der Waals surface area contributed by atoms with Crippen molar-refractivity contribution in [3.63, 3.8) is 0 Å². The molecular formula is C26H28N4O3S. The number of thioether (sulfide) groups is 1. The predicted molar refractivity (Wildman–Crippen MR) is 134 cm³/mol. The standard InChI is InChI=1S/C26H28N4O3S/c1-4-11-34-26(9-10-26)16-33-22-12-17(2)29-21-13-20(25(32)30(3)23(21)22)24(31)28-15-19-7-5-18(14-27)6-8-19/h5-8,12-13H,4,9-11,15-16H2,1-3H3,(H,28,31). The van der Waals surface area contributed by atoms with Crippen molar-refractivity contribution in [2.75, 3.05) is 12.4 Å². The quantitative estimate of drug-likeness (QED) is 0.499. The number of nitrogens with zero attached hydrogens (tertiary/aromatic N) is 3. The van der Waals surface area contributed by atoms with Gasteiger partial charge in [-0.15, -0.1) is 0 Å². The number of aryl methyl sites for hydroxylation is 2. The van der Waals surface area contributed by atoms with E-state index in [4.69, 9.17) is 10.00 Å². The second-order valence-corrected chi connectivity index (χ2v) is 10.3. The Kier molecular flexibility index (Phi) is 6.94.